The second kappa shape index (κ2) is 3.75. The number of ether oxygens (including phenoxy) is 1. The Bertz CT molecular complexity index is 299. The van der Waals surface area contributed by atoms with Crippen LogP contribution in [0.4, 0.5) is 0 Å². The van der Waals surface area contributed by atoms with Gasteiger partial charge in [-0.05, 0) is 24.2 Å². The first-order valence-electron chi connectivity index (χ1n) is 4.32. The molecule has 3 heteroatoms. The van der Waals surface area contributed by atoms with Gasteiger partial charge in [0, 0.05) is 0 Å². The number of thiocarbonyl (C=S) groups is 1. The van der Waals surface area contributed by atoms with Crippen molar-refractivity contribution < 1.29 is 4.74 Å². The van der Waals surface area contributed by atoms with Gasteiger partial charge in [0.25, 0.3) is 5.17 Å². The zero-order chi connectivity index (χ0) is 9.10. The average molecular weight is 193 g/mol. The van der Waals surface area contributed by atoms with Gasteiger partial charge in [-0.1, -0.05) is 30.3 Å². The molecule has 1 N–H and O–H groups in total. The summed E-state index contributed by atoms with van der Waals surface area (Å²) >= 11 is 4.88. The van der Waals surface area contributed by atoms with Crippen molar-refractivity contribution in [2.24, 2.45) is 0 Å². The predicted octanol–water partition coefficient (Wildman–Crippen LogP) is 1.50. The Hall–Kier alpha value is -1.09. The van der Waals surface area contributed by atoms with Gasteiger partial charge in [0.15, 0.2) is 0 Å². The van der Waals surface area contributed by atoms with Gasteiger partial charge in [-0.25, -0.2) is 0 Å². The van der Waals surface area contributed by atoms with Crippen molar-refractivity contribution in [3.05, 3.63) is 35.9 Å². The summed E-state index contributed by atoms with van der Waals surface area (Å²) in [5.41, 5.74) is 1.31. The summed E-state index contributed by atoms with van der Waals surface area (Å²) in [6, 6.07) is 10.7. The fourth-order valence-electron chi connectivity index (χ4n) is 1.43. The van der Waals surface area contributed by atoms with E-state index in [-0.39, 0.29) is 0 Å². The minimum absolute atomic E-state index is 0.342. The highest BCUT2D eigenvalue weighted by atomic mass is 32.1. The van der Waals surface area contributed by atoms with Crippen molar-refractivity contribution in [2.45, 2.75) is 12.5 Å². The number of rotatable bonds is 2. The Morgan fingerprint density at radius 1 is 1.38 bits per heavy atom. The SMILES string of the molecule is S=C1NC(Cc2ccccc2)CO1. The molecule has 2 rings (SSSR count). The van der Waals surface area contributed by atoms with E-state index in [4.69, 9.17) is 17.0 Å². The summed E-state index contributed by atoms with van der Waals surface area (Å²) in [5.74, 6) is 0. The molecule has 0 saturated carbocycles. The van der Waals surface area contributed by atoms with E-state index in [1.165, 1.54) is 5.56 Å². The lowest BCUT2D eigenvalue weighted by Crippen LogP contribution is -2.27. The Balaban J connectivity index is 1.96. The van der Waals surface area contributed by atoms with Gasteiger partial charge in [-0.2, -0.15) is 0 Å². The molecule has 1 atom stereocenters. The Labute approximate surface area is 82.9 Å². The van der Waals surface area contributed by atoms with Crippen molar-refractivity contribution >= 4 is 17.4 Å². The minimum Gasteiger partial charge on any atom is -0.469 e. The van der Waals surface area contributed by atoms with Crippen LogP contribution in [0.15, 0.2) is 30.3 Å². The van der Waals surface area contributed by atoms with Crippen molar-refractivity contribution in [3.63, 3.8) is 0 Å². The van der Waals surface area contributed by atoms with Crippen molar-refractivity contribution in [3.8, 4) is 0 Å². The van der Waals surface area contributed by atoms with Crippen LogP contribution in [0.5, 0.6) is 0 Å². The summed E-state index contributed by atoms with van der Waals surface area (Å²) in [4.78, 5) is 0. The minimum atomic E-state index is 0.342. The third-order valence-electron chi connectivity index (χ3n) is 2.06. The highest BCUT2D eigenvalue weighted by Crippen LogP contribution is 2.07. The third kappa shape index (κ3) is 2.18. The Morgan fingerprint density at radius 2 is 2.15 bits per heavy atom. The van der Waals surface area contributed by atoms with Crippen LogP contribution >= 0.6 is 12.2 Å². The molecule has 1 unspecified atom stereocenters. The van der Waals surface area contributed by atoms with Crippen LogP contribution < -0.4 is 5.32 Å². The molecular formula is C10H11NOS. The summed E-state index contributed by atoms with van der Waals surface area (Å²) in [6.45, 7) is 0.688. The normalized spacial score (nSPS) is 20.9. The first-order valence-corrected chi connectivity index (χ1v) is 4.72. The van der Waals surface area contributed by atoms with E-state index < -0.39 is 0 Å². The molecule has 0 aromatic heterocycles. The summed E-state index contributed by atoms with van der Waals surface area (Å²) < 4.78 is 5.16. The summed E-state index contributed by atoms with van der Waals surface area (Å²) in [7, 11) is 0. The fraction of sp³-hybridized carbons (Fsp3) is 0.300. The van der Waals surface area contributed by atoms with Gasteiger partial charge in [0.1, 0.15) is 6.61 Å². The molecule has 1 aromatic carbocycles. The smallest absolute Gasteiger partial charge is 0.257 e. The zero-order valence-electron chi connectivity index (χ0n) is 7.19. The first-order chi connectivity index (χ1) is 6.34. The standard InChI is InChI=1S/C10H11NOS/c13-10-11-9(7-12-10)6-8-4-2-1-3-5-8/h1-5,9H,6-7H2,(H,11,13). The Kier molecular flexibility index (Phi) is 2.45. The highest BCUT2D eigenvalue weighted by Gasteiger charge is 2.18. The second-order valence-corrected chi connectivity index (χ2v) is 3.50. The topological polar surface area (TPSA) is 21.3 Å². The maximum atomic E-state index is 5.16. The lowest BCUT2D eigenvalue weighted by atomic mass is 10.1. The van der Waals surface area contributed by atoms with Crippen molar-refractivity contribution in [1.82, 2.24) is 5.32 Å². The number of nitrogens with one attached hydrogen (secondary N) is 1. The van der Waals surface area contributed by atoms with E-state index in [0.717, 1.165) is 6.42 Å². The van der Waals surface area contributed by atoms with Crippen LogP contribution in [0.1, 0.15) is 5.56 Å². The van der Waals surface area contributed by atoms with E-state index in [9.17, 15) is 0 Å². The van der Waals surface area contributed by atoms with Crippen LogP contribution in [-0.4, -0.2) is 17.8 Å². The molecule has 1 heterocycles. The van der Waals surface area contributed by atoms with Gasteiger partial charge in [-0.15, -0.1) is 0 Å². The van der Waals surface area contributed by atoms with E-state index in [1.54, 1.807) is 0 Å². The van der Waals surface area contributed by atoms with Crippen LogP contribution in [0.25, 0.3) is 0 Å². The number of hydrogen-bond acceptors (Lipinski definition) is 2. The molecular weight excluding hydrogens is 182 g/mol. The van der Waals surface area contributed by atoms with Crippen molar-refractivity contribution in [2.75, 3.05) is 6.61 Å². The maximum absolute atomic E-state index is 5.16. The van der Waals surface area contributed by atoms with Crippen LogP contribution in [0.3, 0.4) is 0 Å². The largest absolute Gasteiger partial charge is 0.469 e. The lowest BCUT2D eigenvalue weighted by Gasteiger charge is -2.06. The number of benzene rings is 1. The van der Waals surface area contributed by atoms with E-state index >= 15 is 0 Å². The molecule has 0 radical (unpaired) electrons. The average Bonchev–Trinajstić information content (AvgIpc) is 2.53. The second-order valence-electron chi connectivity index (χ2n) is 3.13. The molecule has 1 aliphatic rings. The predicted molar refractivity (Wildman–Crippen MR) is 55.6 cm³/mol. The van der Waals surface area contributed by atoms with Crippen LogP contribution in [0, 0.1) is 0 Å². The summed E-state index contributed by atoms with van der Waals surface area (Å²) in [5, 5.41) is 3.64. The molecule has 2 nitrogen and oxygen atoms in total. The van der Waals surface area contributed by atoms with Crippen LogP contribution in [0.2, 0.25) is 0 Å². The number of hydrogen-bond donors (Lipinski definition) is 1. The molecule has 1 aliphatic heterocycles. The molecule has 0 spiro atoms. The summed E-state index contributed by atoms with van der Waals surface area (Å²) in [6.07, 6.45) is 0.973. The fourth-order valence-corrected chi connectivity index (χ4v) is 1.67. The maximum Gasteiger partial charge on any atom is 0.257 e. The zero-order valence-corrected chi connectivity index (χ0v) is 8.01. The molecule has 1 saturated heterocycles. The highest BCUT2D eigenvalue weighted by molar-refractivity contribution is 7.80. The van der Waals surface area contributed by atoms with Crippen LogP contribution in [-0.2, 0) is 11.2 Å². The third-order valence-corrected chi connectivity index (χ3v) is 2.30. The van der Waals surface area contributed by atoms with E-state index in [1.807, 2.05) is 18.2 Å². The lowest BCUT2D eigenvalue weighted by molar-refractivity contribution is 0.331. The van der Waals surface area contributed by atoms with Crippen molar-refractivity contribution in [1.29, 1.82) is 0 Å². The van der Waals surface area contributed by atoms with Gasteiger partial charge >= 0.3 is 0 Å². The van der Waals surface area contributed by atoms with Gasteiger partial charge in [0.2, 0.25) is 0 Å². The molecule has 0 bridgehead atoms. The molecule has 1 fully saturated rings. The molecule has 1 aromatic rings. The van der Waals surface area contributed by atoms with Gasteiger partial charge in [-0.3, -0.25) is 0 Å². The first kappa shape index (κ1) is 8.51. The quantitative estimate of drug-likeness (QED) is 0.719. The van der Waals surface area contributed by atoms with E-state index in [0.29, 0.717) is 17.8 Å². The molecule has 0 aliphatic carbocycles. The van der Waals surface area contributed by atoms with Gasteiger partial charge in [0.05, 0.1) is 6.04 Å². The Morgan fingerprint density at radius 3 is 2.77 bits per heavy atom. The molecule has 0 amide bonds. The molecule has 13 heavy (non-hydrogen) atoms. The van der Waals surface area contributed by atoms with Gasteiger partial charge < -0.3 is 10.1 Å². The monoisotopic (exact) mass is 193 g/mol. The molecule has 68 valence electrons. The van der Waals surface area contributed by atoms with E-state index in [2.05, 4.69) is 17.4 Å².